The Kier molecular flexibility index (Phi) is 4.94. The fourth-order valence-corrected chi connectivity index (χ4v) is 5.50. The van der Waals surface area contributed by atoms with Gasteiger partial charge in [-0.25, -0.2) is 9.79 Å². The fourth-order valence-electron chi connectivity index (χ4n) is 3.02. The van der Waals surface area contributed by atoms with Crippen molar-refractivity contribution in [1.82, 2.24) is 4.57 Å². The number of ether oxygens (including phenoxy) is 1. The Bertz CT molecular complexity index is 1180. The highest BCUT2D eigenvalue weighted by Gasteiger charge is 2.33. The molecular formula is C19H16N2O3S3. The van der Waals surface area contributed by atoms with Crippen LogP contribution in [0.2, 0.25) is 0 Å². The summed E-state index contributed by atoms with van der Waals surface area (Å²) in [6, 6.07) is 5.31. The summed E-state index contributed by atoms with van der Waals surface area (Å²) in [7, 11) is 0. The van der Waals surface area contributed by atoms with Gasteiger partial charge in [-0.3, -0.25) is 9.36 Å². The molecule has 0 saturated heterocycles. The predicted octanol–water partition coefficient (Wildman–Crippen LogP) is 2.92. The zero-order valence-electron chi connectivity index (χ0n) is 14.7. The van der Waals surface area contributed by atoms with Crippen LogP contribution < -0.4 is 14.9 Å². The van der Waals surface area contributed by atoms with Crippen LogP contribution in [0.3, 0.4) is 0 Å². The predicted molar refractivity (Wildman–Crippen MR) is 109 cm³/mol. The number of thiazole rings is 1. The maximum atomic E-state index is 13.2. The quantitative estimate of drug-likeness (QED) is 0.615. The van der Waals surface area contributed by atoms with Gasteiger partial charge >= 0.3 is 5.97 Å². The van der Waals surface area contributed by atoms with Gasteiger partial charge in [0.05, 0.1) is 22.4 Å². The lowest BCUT2D eigenvalue weighted by molar-refractivity contribution is -0.139. The van der Waals surface area contributed by atoms with Gasteiger partial charge in [-0.1, -0.05) is 17.4 Å². The second-order valence-electron chi connectivity index (χ2n) is 5.87. The van der Waals surface area contributed by atoms with Gasteiger partial charge in [-0.2, -0.15) is 11.3 Å². The standard InChI is InChI=1S/C19H16N2O3S3/c1-3-24-18(23)15-11(2)20-19-21(16(15)13-5-4-7-26-13)17(22)14(27-19)9-12-6-8-25-10-12/h4-10,16H,3H2,1-2H3/b14-9+/t16-/m0/s1. The number of carbonyl (C=O) groups is 1. The number of nitrogens with zero attached hydrogens (tertiary/aromatic N) is 2. The molecule has 1 aliphatic rings. The molecule has 0 amide bonds. The van der Waals surface area contributed by atoms with E-state index in [0.717, 1.165) is 10.4 Å². The van der Waals surface area contributed by atoms with Crippen LogP contribution in [0.5, 0.6) is 0 Å². The number of rotatable bonds is 4. The van der Waals surface area contributed by atoms with E-state index in [4.69, 9.17) is 4.74 Å². The van der Waals surface area contributed by atoms with Crippen molar-refractivity contribution in [3.63, 3.8) is 0 Å². The van der Waals surface area contributed by atoms with Crippen molar-refractivity contribution >= 4 is 46.1 Å². The fraction of sp³-hybridized carbons (Fsp3) is 0.211. The SMILES string of the molecule is CCOC(=O)C1=C(C)N=c2s/c(=C/c3ccsc3)c(=O)n2[C@H]1c1cccs1. The van der Waals surface area contributed by atoms with Gasteiger partial charge in [-0.05, 0) is 53.8 Å². The summed E-state index contributed by atoms with van der Waals surface area (Å²) in [4.78, 5) is 31.9. The number of esters is 1. The third kappa shape index (κ3) is 3.24. The van der Waals surface area contributed by atoms with Gasteiger partial charge in [-0.15, -0.1) is 11.3 Å². The lowest BCUT2D eigenvalue weighted by atomic mass is 10.0. The average Bonchev–Trinajstić information content (AvgIpc) is 3.38. The normalized spacial score (nSPS) is 17.0. The summed E-state index contributed by atoms with van der Waals surface area (Å²) in [5, 5.41) is 5.90. The van der Waals surface area contributed by atoms with Crippen molar-refractivity contribution in [2.24, 2.45) is 4.99 Å². The van der Waals surface area contributed by atoms with Crippen molar-refractivity contribution in [2.45, 2.75) is 19.9 Å². The van der Waals surface area contributed by atoms with Gasteiger partial charge in [0.15, 0.2) is 4.80 Å². The molecule has 1 aliphatic heterocycles. The minimum Gasteiger partial charge on any atom is -0.463 e. The minimum absolute atomic E-state index is 0.141. The number of hydrogen-bond acceptors (Lipinski definition) is 7. The van der Waals surface area contributed by atoms with E-state index < -0.39 is 12.0 Å². The third-order valence-electron chi connectivity index (χ3n) is 4.17. The van der Waals surface area contributed by atoms with Crippen LogP contribution in [0, 0.1) is 0 Å². The van der Waals surface area contributed by atoms with E-state index in [-0.39, 0.29) is 12.2 Å². The molecule has 3 aromatic heterocycles. The van der Waals surface area contributed by atoms with Crippen LogP contribution in [0.25, 0.3) is 6.08 Å². The lowest BCUT2D eigenvalue weighted by Gasteiger charge is -2.23. The van der Waals surface area contributed by atoms with Crippen molar-refractivity contribution in [3.8, 4) is 0 Å². The molecule has 3 aromatic rings. The number of carbonyl (C=O) groups excluding carboxylic acids is 1. The molecule has 4 rings (SSSR count). The third-order valence-corrected chi connectivity index (χ3v) is 6.78. The van der Waals surface area contributed by atoms with Crippen LogP contribution in [0.1, 0.15) is 30.3 Å². The molecule has 0 unspecified atom stereocenters. The van der Waals surface area contributed by atoms with Crippen molar-refractivity contribution in [1.29, 1.82) is 0 Å². The first-order chi connectivity index (χ1) is 13.1. The van der Waals surface area contributed by atoms with Gasteiger partial charge in [0, 0.05) is 4.88 Å². The summed E-state index contributed by atoms with van der Waals surface area (Å²) in [6.07, 6.45) is 1.87. The van der Waals surface area contributed by atoms with Crippen molar-refractivity contribution in [2.75, 3.05) is 6.61 Å². The van der Waals surface area contributed by atoms with Crippen LogP contribution in [-0.2, 0) is 9.53 Å². The maximum Gasteiger partial charge on any atom is 0.338 e. The van der Waals surface area contributed by atoms with Gasteiger partial charge in [0.1, 0.15) is 6.04 Å². The van der Waals surface area contributed by atoms with Crippen LogP contribution in [0.4, 0.5) is 0 Å². The highest BCUT2D eigenvalue weighted by molar-refractivity contribution is 7.10. The zero-order valence-corrected chi connectivity index (χ0v) is 17.1. The van der Waals surface area contributed by atoms with E-state index in [1.807, 2.05) is 40.4 Å². The highest BCUT2D eigenvalue weighted by atomic mass is 32.1. The summed E-state index contributed by atoms with van der Waals surface area (Å²) < 4.78 is 7.48. The Hall–Kier alpha value is -2.29. The summed E-state index contributed by atoms with van der Waals surface area (Å²) in [6.45, 7) is 3.84. The molecule has 0 bridgehead atoms. The maximum absolute atomic E-state index is 13.2. The molecule has 4 heterocycles. The minimum atomic E-state index is -0.509. The van der Waals surface area contributed by atoms with Gasteiger partial charge < -0.3 is 4.74 Å². The van der Waals surface area contributed by atoms with Crippen LogP contribution in [0.15, 0.2) is 55.4 Å². The zero-order chi connectivity index (χ0) is 19.0. The first-order valence-electron chi connectivity index (χ1n) is 8.35. The number of allylic oxidation sites excluding steroid dienone is 1. The Morgan fingerprint density at radius 3 is 2.89 bits per heavy atom. The second kappa shape index (κ2) is 7.38. The molecule has 27 heavy (non-hydrogen) atoms. The van der Waals surface area contributed by atoms with Crippen molar-refractivity contribution in [3.05, 3.63) is 75.7 Å². The number of hydrogen-bond donors (Lipinski definition) is 0. The lowest BCUT2D eigenvalue weighted by Crippen LogP contribution is -2.39. The molecule has 0 fully saturated rings. The smallest absolute Gasteiger partial charge is 0.338 e. The first-order valence-corrected chi connectivity index (χ1v) is 11.0. The topological polar surface area (TPSA) is 60.7 Å². The molecular weight excluding hydrogens is 400 g/mol. The van der Waals surface area contributed by atoms with Crippen LogP contribution >= 0.6 is 34.0 Å². The van der Waals surface area contributed by atoms with E-state index in [0.29, 0.717) is 20.6 Å². The number of fused-ring (bicyclic) bond motifs is 1. The van der Waals surface area contributed by atoms with E-state index in [1.165, 1.54) is 22.7 Å². The van der Waals surface area contributed by atoms with Crippen molar-refractivity contribution < 1.29 is 9.53 Å². The Balaban J connectivity index is 1.96. The van der Waals surface area contributed by atoms with E-state index >= 15 is 0 Å². The number of aromatic nitrogens is 1. The Morgan fingerprint density at radius 2 is 2.22 bits per heavy atom. The monoisotopic (exact) mass is 416 g/mol. The molecule has 0 aliphatic carbocycles. The average molecular weight is 417 g/mol. The van der Waals surface area contributed by atoms with E-state index in [2.05, 4.69) is 4.99 Å². The molecule has 0 aromatic carbocycles. The second-order valence-corrected chi connectivity index (χ2v) is 8.64. The molecule has 8 heteroatoms. The Morgan fingerprint density at radius 1 is 1.37 bits per heavy atom. The summed E-state index contributed by atoms with van der Waals surface area (Å²) >= 11 is 4.44. The van der Waals surface area contributed by atoms with Gasteiger partial charge in [0.2, 0.25) is 0 Å². The number of thiophene rings is 2. The summed E-state index contributed by atoms with van der Waals surface area (Å²) in [5.41, 5.74) is 1.86. The molecule has 0 N–H and O–H groups in total. The largest absolute Gasteiger partial charge is 0.463 e. The first kappa shape index (κ1) is 18.1. The molecule has 0 spiro atoms. The molecule has 5 nitrogen and oxygen atoms in total. The van der Waals surface area contributed by atoms with E-state index in [9.17, 15) is 9.59 Å². The van der Waals surface area contributed by atoms with E-state index in [1.54, 1.807) is 29.8 Å². The molecule has 1 atom stereocenters. The van der Waals surface area contributed by atoms with Crippen LogP contribution in [-0.4, -0.2) is 17.1 Å². The molecule has 138 valence electrons. The van der Waals surface area contributed by atoms with Gasteiger partial charge in [0.25, 0.3) is 5.56 Å². The molecule has 0 saturated carbocycles. The molecule has 0 radical (unpaired) electrons. The Labute approximate surface area is 167 Å². The highest BCUT2D eigenvalue weighted by Crippen LogP contribution is 2.33. The summed E-state index contributed by atoms with van der Waals surface area (Å²) in [5.74, 6) is -0.427.